The van der Waals surface area contributed by atoms with Crippen LogP contribution in [-0.4, -0.2) is 37.1 Å². The van der Waals surface area contributed by atoms with E-state index in [1.54, 1.807) is 12.1 Å². The number of halogens is 1. The molecule has 1 aliphatic heterocycles. The van der Waals surface area contributed by atoms with Crippen molar-refractivity contribution in [2.24, 2.45) is 0 Å². The molecular formula is C15H23FN2. The molecule has 0 aliphatic carbocycles. The van der Waals surface area contributed by atoms with Gasteiger partial charge in [-0.3, -0.25) is 0 Å². The summed E-state index contributed by atoms with van der Waals surface area (Å²) in [5.74, 6) is -0.149. The van der Waals surface area contributed by atoms with E-state index in [1.165, 1.54) is 24.9 Å². The van der Waals surface area contributed by atoms with Gasteiger partial charge in [-0.1, -0.05) is 19.1 Å². The van der Waals surface area contributed by atoms with Crippen molar-refractivity contribution < 1.29 is 4.39 Å². The van der Waals surface area contributed by atoms with Gasteiger partial charge in [0.05, 0.1) is 0 Å². The summed E-state index contributed by atoms with van der Waals surface area (Å²) in [6, 6.07) is 7.53. The van der Waals surface area contributed by atoms with Crippen LogP contribution in [0.2, 0.25) is 0 Å². The molecule has 0 bridgehead atoms. The van der Waals surface area contributed by atoms with E-state index in [0.29, 0.717) is 6.04 Å². The Kier molecular flexibility index (Phi) is 5.14. The van der Waals surface area contributed by atoms with Crippen LogP contribution in [0.25, 0.3) is 0 Å². The van der Waals surface area contributed by atoms with Gasteiger partial charge in [-0.2, -0.15) is 0 Å². The van der Waals surface area contributed by atoms with Gasteiger partial charge < -0.3 is 10.2 Å². The second-order valence-corrected chi connectivity index (χ2v) is 5.07. The second-order valence-electron chi connectivity index (χ2n) is 5.07. The Morgan fingerprint density at radius 1 is 1.33 bits per heavy atom. The topological polar surface area (TPSA) is 15.3 Å². The number of nitrogens with zero attached hydrogens (tertiary/aromatic N) is 1. The zero-order chi connectivity index (χ0) is 12.8. The molecule has 1 aromatic rings. The molecule has 2 rings (SSSR count). The minimum absolute atomic E-state index is 0.149. The van der Waals surface area contributed by atoms with Crippen molar-refractivity contribution in [2.45, 2.75) is 32.2 Å². The van der Waals surface area contributed by atoms with E-state index in [2.05, 4.69) is 17.1 Å². The molecule has 0 amide bonds. The molecule has 3 heteroatoms. The number of hydrogen-bond donors (Lipinski definition) is 1. The fraction of sp³-hybridized carbons (Fsp3) is 0.600. The third-order valence-electron chi connectivity index (χ3n) is 3.63. The fourth-order valence-electron chi connectivity index (χ4n) is 2.65. The summed E-state index contributed by atoms with van der Waals surface area (Å²) in [6.07, 6.45) is 3.58. The lowest BCUT2D eigenvalue weighted by atomic mass is 10.0. The van der Waals surface area contributed by atoms with Gasteiger partial charge >= 0.3 is 0 Å². The van der Waals surface area contributed by atoms with Crippen molar-refractivity contribution in [1.29, 1.82) is 0 Å². The Morgan fingerprint density at radius 3 is 2.83 bits per heavy atom. The first-order valence-corrected chi connectivity index (χ1v) is 6.98. The average molecular weight is 250 g/mol. The van der Waals surface area contributed by atoms with Gasteiger partial charge in [-0.25, -0.2) is 4.39 Å². The Bertz CT molecular complexity index is 348. The van der Waals surface area contributed by atoms with E-state index in [-0.39, 0.29) is 5.82 Å². The number of benzene rings is 1. The van der Waals surface area contributed by atoms with E-state index in [4.69, 9.17) is 0 Å². The van der Waals surface area contributed by atoms with Crippen LogP contribution in [0.15, 0.2) is 24.3 Å². The molecule has 18 heavy (non-hydrogen) atoms. The predicted octanol–water partition coefficient (Wildman–Crippen LogP) is 2.44. The van der Waals surface area contributed by atoms with Crippen LogP contribution in [0.3, 0.4) is 0 Å². The third-order valence-corrected chi connectivity index (χ3v) is 3.63. The molecule has 1 heterocycles. The quantitative estimate of drug-likeness (QED) is 0.863. The van der Waals surface area contributed by atoms with Crippen molar-refractivity contribution >= 4 is 0 Å². The molecule has 1 atom stereocenters. The lowest BCUT2D eigenvalue weighted by Gasteiger charge is -2.33. The first-order valence-electron chi connectivity index (χ1n) is 6.98. The maximum atomic E-state index is 12.8. The zero-order valence-electron chi connectivity index (χ0n) is 11.2. The summed E-state index contributed by atoms with van der Waals surface area (Å²) < 4.78 is 12.8. The van der Waals surface area contributed by atoms with Crippen LogP contribution in [0.5, 0.6) is 0 Å². The molecule has 1 saturated heterocycles. The molecule has 1 N–H and O–H groups in total. The van der Waals surface area contributed by atoms with Crippen LogP contribution in [0.1, 0.15) is 25.3 Å². The molecule has 0 saturated carbocycles. The lowest BCUT2D eigenvalue weighted by molar-refractivity contribution is 0.194. The molecule has 100 valence electrons. The molecule has 1 unspecified atom stereocenters. The maximum absolute atomic E-state index is 12.8. The van der Waals surface area contributed by atoms with E-state index in [9.17, 15) is 4.39 Å². The summed E-state index contributed by atoms with van der Waals surface area (Å²) in [5.41, 5.74) is 1.22. The Hall–Kier alpha value is -0.930. The van der Waals surface area contributed by atoms with Crippen molar-refractivity contribution in [3.05, 3.63) is 35.6 Å². The van der Waals surface area contributed by atoms with Gasteiger partial charge in [0.1, 0.15) is 5.82 Å². The molecule has 0 spiro atoms. The first kappa shape index (κ1) is 13.5. The first-order chi connectivity index (χ1) is 8.78. The molecule has 0 radical (unpaired) electrons. The lowest BCUT2D eigenvalue weighted by Crippen LogP contribution is -2.46. The highest BCUT2D eigenvalue weighted by atomic mass is 19.1. The van der Waals surface area contributed by atoms with Crippen LogP contribution < -0.4 is 5.32 Å². The highest BCUT2D eigenvalue weighted by molar-refractivity contribution is 5.16. The van der Waals surface area contributed by atoms with Crippen molar-refractivity contribution in [3.63, 3.8) is 0 Å². The second kappa shape index (κ2) is 6.86. The van der Waals surface area contributed by atoms with Gasteiger partial charge in [0.15, 0.2) is 0 Å². The zero-order valence-corrected chi connectivity index (χ0v) is 11.2. The molecule has 1 aliphatic rings. The van der Waals surface area contributed by atoms with Crippen LogP contribution in [0.4, 0.5) is 4.39 Å². The van der Waals surface area contributed by atoms with Crippen molar-refractivity contribution in [2.75, 3.05) is 26.2 Å². The van der Waals surface area contributed by atoms with E-state index in [0.717, 1.165) is 26.1 Å². The summed E-state index contributed by atoms with van der Waals surface area (Å²) in [7, 11) is 0. The highest BCUT2D eigenvalue weighted by Gasteiger charge is 2.18. The number of likely N-dealkylation sites (tertiary alicyclic amines) is 1. The highest BCUT2D eigenvalue weighted by Crippen LogP contribution is 2.11. The maximum Gasteiger partial charge on any atom is 0.123 e. The third kappa shape index (κ3) is 4.07. The Labute approximate surface area is 109 Å². The monoisotopic (exact) mass is 250 g/mol. The molecular weight excluding hydrogens is 227 g/mol. The number of hydrogen-bond acceptors (Lipinski definition) is 2. The molecule has 2 nitrogen and oxygen atoms in total. The number of likely N-dealkylation sites (N-methyl/N-ethyl adjacent to an activating group) is 1. The van der Waals surface area contributed by atoms with Gasteiger partial charge in [0.2, 0.25) is 0 Å². The van der Waals surface area contributed by atoms with Gasteiger partial charge in [-0.05, 0) is 50.0 Å². The van der Waals surface area contributed by atoms with Crippen molar-refractivity contribution in [1.82, 2.24) is 10.2 Å². The molecule has 1 aromatic carbocycles. The SMILES string of the molecule is CCNC1CCCN(CCc2ccc(F)cc2)C1. The van der Waals surface area contributed by atoms with Gasteiger partial charge in [0, 0.05) is 19.1 Å². The Balaban J connectivity index is 1.77. The van der Waals surface area contributed by atoms with Gasteiger partial charge in [0.25, 0.3) is 0 Å². The summed E-state index contributed by atoms with van der Waals surface area (Å²) in [6.45, 7) is 6.64. The number of rotatable bonds is 5. The van der Waals surface area contributed by atoms with E-state index < -0.39 is 0 Å². The standard InChI is InChI=1S/C15H23FN2/c1-2-17-15-4-3-10-18(12-15)11-9-13-5-7-14(16)8-6-13/h5-8,15,17H,2-4,9-12H2,1H3. The van der Waals surface area contributed by atoms with Crippen LogP contribution >= 0.6 is 0 Å². The van der Waals surface area contributed by atoms with Crippen LogP contribution in [0, 0.1) is 5.82 Å². The van der Waals surface area contributed by atoms with Crippen molar-refractivity contribution in [3.8, 4) is 0 Å². The predicted molar refractivity (Wildman–Crippen MR) is 73.2 cm³/mol. The minimum atomic E-state index is -0.149. The molecule has 0 aromatic heterocycles. The average Bonchev–Trinajstić information content (AvgIpc) is 2.39. The number of piperidine rings is 1. The fourth-order valence-corrected chi connectivity index (χ4v) is 2.65. The largest absolute Gasteiger partial charge is 0.313 e. The number of nitrogens with one attached hydrogen (secondary N) is 1. The minimum Gasteiger partial charge on any atom is -0.313 e. The normalized spacial score (nSPS) is 21.1. The van der Waals surface area contributed by atoms with E-state index in [1.807, 2.05) is 12.1 Å². The molecule has 1 fully saturated rings. The summed E-state index contributed by atoms with van der Waals surface area (Å²) >= 11 is 0. The summed E-state index contributed by atoms with van der Waals surface area (Å²) in [5, 5.41) is 3.53. The Morgan fingerprint density at radius 2 is 2.11 bits per heavy atom. The van der Waals surface area contributed by atoms with Crippen LogP contribution in [-0.2, 0) is 6.42 Å². The van der Waals surface area contributed by atoms with Gasteiger partial charge in [-0.15, -0.1) is 0 Å². The summed E-state index contributed by atoms with van der Waals surface area (Å²) in [4.78, 5) is 2.51. The smallest absolute Gasteiger partial charge is 0.123 e. The van der Waals surface area contributed by atoms with E-state index >= 15 is 0 Å².